The van der Waals surface area contributed by atoms with Crippen molar-refractivity contribution in [2.24, 2.45) is 0 Å². The van der Waals surface area contributed by atoms with Crippen LogP contribution in [0.4, 0.5) is 0 Å². The van der Waals surface area contributed by atoms with E-state index in [4.69, 9.17) is 11.6 Å². The fourth-order valence-electron chi connectivity index (χ4n) is 1.97. The molecular formula is C12H23ClN2. The van der Waals surface area contributed by atoms with Gasteiger partial charge in [0.15, 0.2) is 0 Å². The van der Waals surface area contributed by atoms with Crippen LogP contribution in [0.15, 0.2) is 11.1 Å². The minimum atomic E-state index is 0.551. The van der Waals surface area contributed by atoms with Gasteiger partial charge in [-0.05, 0) is 45.4 Å². The van der Waals surface area contributed by atoms with Crippen LogP contribution in [0, 0.1) is 0 Å². The number of nitrogens with zero attached hydrogens (tertiary/aromatic N) is 1. The molecule has 1 N–H and O–H groups in total. The molecule has 3 heteroatoms. The number of likely N-dealkylation sites (tertiary alicyclic amines) is 1. The van der Waals surface area contributed by atoms with Gasteiger partial charge in [0.2, 0.25) is 0 Å². The molecule has 0 saturated carbocycles. The van der Waals surface area contributed by atoms with Gasteiger partial charge < -0.3 is 10.2 Å². The van der Waals surface area contributed by atoms with Gasteiger partial charge >= 0.3 is 0 Å². The standard InChI is InChI=1S/C12H23ClN2/c1-11(8-13)9-14-12(2)10-15-6-4-3-5-7-15/h8,12,14H,3-7,9-10H2,1-2H3. The van der Waals surface area contributed by atoms with Gasteiger partial charge in [-0.1, -0.05) is 18.0 Å². The molecule has 15 heavy (non-hydrogen) atoms. The highest BCUT2D eigenvalue weighted by molar-refractivity contribution is 6.25. The van der Waals surface area contributed by atoms with Crippen molar-refractivity contribution in [1.82, 2.24) is 10.2 Å². The minimum Gasteiger partial charge on any atom is -0.309 e. The Morgan fingerprint density at radius 2 is 2.07 bits per heavy atom. The first kappa shape index (κ1) is 13.0. The zero-order valence-corrected chi connectivity index (χ0v) is 10.7. The minimum absolute atomic E-state index is 0.551. The third-order valence-corrected chi connectivity index (χ3v) is 3.27. The van der Waals surface area contributed by atoms with Gasteiger partial charge in [-0.2, -0.15) is 0 Å². The molecule has 0 radical (unpaired) electrons. The average Bonchev–Trinajstić information content (AvgIpc) is 2.27. The lowest BCUT2D eigenvalue weighted by atomic mass is 10.1. The molecule has 1 unspecified atom stereocenters. The van der Waals surface area contributed by atoms with Crippen LogP contribution in [-0.4, -0.2) is 37.1 Å². The van der Waals surface area contributed by atoms with E-state index in [2.05, 4.69) is 17.1 Å². The molecule has 88 valence electrons. The van der Waals surface area contributed by atoms with Crippen molar-refractivity contribution in [3.63, 3.8) is 0 Å². The highest BCUT2D eigenvalue weighted by Crippen LogP contribution is 2.08. The maximum Gasteiger partial charge on any atom is 0.0176 e. The van der Waals surface area contributed by atoms with E-state index in [-0.39, 0.29) is 0 Å². The third-order valence-electron chi connectivity index (χ3n) is 2.90. The molecule has 0 bridgehead atoms. The number of hydrogen-bond donors (Lipinski definition) is 1. The molecule has 1 rings (SSSR count). The van der Waals surface area contributed by atoms with Crippen molar-refractivity contribution >= 4 is 11.6 Å². The summed E-state index contributed by atoms with van der Waals surface area (Å²) in [5, 5.41) is 3.49. The van der Waals surface area contributed by atoms with Crippen LogP contribution in [0.25, 0.3) is 0 Å². The Hall–Kier alpha value is -0.0500. The summed E-state index contributed by atoms with van der Waals surface area (Å²) in [6, 6.07) is 0.551. The molecule has 0 amide bonds. The predicted octanol–water partition coefficient (Wildman–Crippen LogP) is 2.59. The largest absolute Gasteiger partial charge is 0.309 e. The van der Waals surface area contributed by atoms with Crippen LogP contribution in [0.5, 0.6) is 0 Å². The first-order chi connectivity index (χ1) is 7.22. The summed E-state index contributed by atoms with van der Waals surface area (Å²) in [6.45, 7) is 8.91. The van der Waals surface area contributed by atoms with E-state index in [1.807, 2.05) is 6.92 Å². The lowest BCUT2D eigenvalue weighted by Gasteiger charge is -2.29. The Morgan fingerprint density at radius 3 is 2.67 bits per heavy atom. The Morgan fingerprint density at radius 1 is 1.40 bits per heavy atom. The third kappa shape index (κ3) is 5.55. The summed E-state index contributed by atoms with van der Waals surface area (Å²) in [7, 11) is 0. The Labute approximate surface area is 98.7 Å². The van der Waals surface area contributed by atoms with Gasteiger partial charge in [0.25, 0.3) is 0 Å². The topological polar surface area (TPSA) is 15.3 Å². The molecule has 1 heterocycles. The second kappa shape index (κ2) is 7.26. The van der Waals surface area contributed by atoms with E-state index in [9.17, 15) is 0 Å². The van der Waals surface area contributed by atoms with Gasteiger partial charge in [0.05, 0.1) is 0 Å². The summed E-state index contributed by atoms with van der Waals surface area (Å²) in [5.41, 5.74) is 2.85. The fraction of sp³-hybridized carbons (Fsp3) is 0.833. The molecular weight excluding hydrogens is 208 g/mol. The zero-order chi connectivity index (χ0) is 11.1. The van der Waals surface area contributed by atoms with Crippen LogP contribution in [0.1, 0.15) is 33.1 Å². The quantitative estimate of drug-likeness (QED) is 0.781. The van der Waals surface area contributed by atoms with Crippen molar-refractivity contribution < 1.29 is 0 Å². The summed E-state index contributed by atoms with van der Waals surface area (Å²) in [5.74, 6) is 0. The van der Waals surface area contributed by atoms with Gasteiger partial charge in [0, 0.05) is 24.7 Å². The second-order valence-corrected chi connectivity index (χ2v) is 4.82. The Bertz CT molecular complexity index is 198. The van der Waals surface area contributed by atoms with Crippen LogP contribution in [0.3, 0.4) is 0 Å². The van der Waals surface area contributed by atoms with E-state index in [1.54, 1.807) is 5.54 Å². The maximum absolute atomic E-state index is 5.61. The monoisotopic (exact) mass is 230 g/mol. The first-order valence-electron chi connectivity index (χ1n) is 5.94. The van der Waals surface area contributed by atoms with Crippen LogP contribution >= 0.6 is 11.6 Å². The van der Waals surface area contributed by atoms with E-state index >= 15 is 0 Å². The van der Waals surface area contributed by atoms with E-state index in [1.165, 1.54) is 37.9 Å². The molecule has 1 saturated heterocycles. The summed E-state index contributed by atoms with van der Waals surface area (Å²) in [4.78, 5) is 2.56. The number of nitrogens with one attached hydrogen (secondary N) is 1. The molecule has 0 aromatic heterocycles. The maximum atomic E-state index is 5.61. The van der Waals surface area contributed by atoms with Crippen molar-refractivity contribution in [2.75, 3.05) is 26.2 Å². The molecule has 1 atom stereocenters. The average molecular weight is 231 g/mol. The van der Waals surface area contributed by atoms with Crippen LogP contribution in [-0.2, 0) is 0 Å². The van der Waals surface area contributed by atoms with Crippen LogP contribution < -0.4 is 5.32 Å². The van der Waals surface area contributed by atoms with Crippen molar-refractivity contribution in [3.05, 3.63) is 11.1 Å². The second-order valence-electron chi connectivity index (χ2n) is 4.60. The van der Waals surface area contributed by atoms with E-state index < -0.39 is 0 Å². The van der Waals surface area contributed by atoms with Gasteiger partial charge in [0.1, 0.15) is 0 Å². The van der Waals surface area contributed by atoms with E-state index in [0.29, 0.717) is 6.04 Å². The Kier molecular flexibility index (Phi) is 6.30. The predicted molar refractivity (Wildman–Crippen MR) is 67.4 cm³/mol. The normalized spacial score (nSPS) is 21.7. The molecule has 1 aliphatic rings. The van der Waals surface area contributed by atoms with Gasteiger partial charge in [-0.25, -0.2) is 0 Å². The van der Waals surface area contributed by atoms with E-state index in [0.717, 1.165) is 13.1 Å². The summed E-state index contributed by atoms with van der Waals surface area (Å²) >= 11 is 5.61. The number of halogens is 1. The Balaban J connectivity index is 2.14. The molecule has 0 aliphatic carbocycles. The summed E-state index contributed by atoms with van der Waals surface area (Å²) < 4.78 is 0. The van der Waals surface area contributed by atoms with Crippen molar-refractivity contribution in [3.8, 4) is 0 Å². The molecule has 1 aliphatic heterocycles. The zero-order valence-electron chi connectivity index (χ0n) is 9.93. The van der Waals surface area contributed by atoms with Crippen molar-refractivity contribution in [1.29, 1.82) is 0 Å². The SMILES string of the molecule is CC(=CCl)CNC(C)CN1CCCCC1. The lowest BCUT2D eigenvalue weighted by molar-refractivity contribution is 0.210. The first-order valence-corrected chi connectivity index (χ1v) is 6.37. The highest BCUT2D eigenvalue weighted by Gasteiger charge is 2.12. The molecule has 0 spiro atoms. The smallest absolute Gasteiger partial charge is 0.0176 e. The summed E-state index contributed by atoms with van der Waals surface area (Å²) in [6.07, 6.45) is 4.15. The lowest BCUT2D eigenvalue weighted by Crippen LogP contribution is -2.41. The number of piperidine rings is 1. The van der Waals surface area contributed by atoms with Crippen LogP contribution in [0.2, 0.25) is 0 Å². The molecule has 0 aromatic rings. The van der Waals surface area contributed by atoms with Crippen molar-refractivity contribution in [2.45, 2.75) is 39.2 Å². The highest BCUT2D eigenvalue weighted by atomic mass is 35.5. The van der Waals surface area contributed by atoms with Gasteiger partial charge in [-0.15, -0.1) is 0 Å². The molecule has 2 nitrogen and oxygen atoms in total. The number of hydrogen-bond acceptors (Lipinski definition) is 2. The number of rotatable bonds is 5. The molecule has 0 aromatic carbocycles. The molecule has 1 fully saturated rings. The van der Waals surface area contributed by atoms with Gasteiger partial charge in [-0.3, -0.25) is 0 Å². The fourth-order valence-corrected chi connectivity index (χ4v) is 2.04.